The minimum absolute atomic E-state index is 0.176. The zero-order valence-electron chi connectivity index (χ0n) is 18.5. The molecule has 0 bridgehead atoms. The standard InChI is InChI=1S/C24H28ClN5O3/c1-17-20(4-6-28-16-31)22(3-2-21(17)25)33-19-11-24(12-19)13-29(14-24)8-9-32-18-5-7-30(15-26)23(27)10-18/h2-7,10,15-16,19,26-27H,8-9,11-14H2,1H3,(H,28,31)/b6-4-,26-15?,27-23?. The Morgan fingerprint density at radius 2 is 2.09 bits per heavy atom. The van der Waals surface area contributed by atoms with Crippen LogP contribution >= 0.6 is 11.6 Å². The number of carbonyl (C=O) groups excluding carboxylic acids is 1. The lowest BCUT2D eigenvalue weighted by Gasteiger charge is -2.58. The van der Waals surface area contributed by atoms with E-state index in [1.165, 1.54) is 4.57 Å². The lowest BCUT2D eigenvalue weighted by molar-refractivity contribution is -0.120. The molecule has 1 aliphatic carbocycles. The highest BCUT2D eigenvalue weighted by atomic mass is 35.5. The molecule has 1 aromatic heterocycles. The van der Waals surface area contributed by atoms with E-state index in [2.05, 4.69) is 10.2 Å². The van der Waals surface area contributed by atoms with E-state index in [-0.39, 0.29) is 11.6 Å². The molecule has 1 spiro atoms. The minimum atomic E-state index is 0.176. The summed E-state index contributed by atoms with van der Waals surface area (Å²) in [5.41, 5.74) is 2.36. The smallest absolute Gasteiger partial charge is 0.211 e. The van der Waals surface area contributed by atoms with E-state index in [0.29, 0.717) is 29.2 Å². The van der Waals surface area contributed by atoms with Gasteiger partial charge in [0, 0.05) is 54.1 Å². The van der Waals surface area contributed by atoms with Crippen molar-refractivity contribution in [1.29, 1.82) is 10.8 Å². The average Bonchev–Trinajstić information content (AvgIpc) is 2.74. The molecule has 9 heteroatoms. The molecule has 1 aromatic carbocycles. The summed E-state index contributed by atoms with van der Waals surface area (Å²) in [6.07, 6.45) is 8.98. The highest BCUT2D eigenvalue weighted by Gasteiger charge is 2.53. The first kappa shape index (κ1) is 23.1. The van der Waals surface area contributed by atoms with Gasteiger partial charge in [0.05, 0.1) is 12.4 Å². The molecular weight excluding hydrogens is 442 g/mol. The third-order valence-electron chi connectivity index (χ3n) is 6.33. The van der Waals surface area contributed by atoms with Gasteiger partial charge in [-0.1, -0.05) is 11.6 Å². The van der Waals surface area contributed by atoms with Crippen LogP contribution in [0.5, 0.6) is 11.5 Å². The predicted octanol–water partition coefficient (Wildman–Crippen LogP) is 3.02. The largest absolute Gasteiger partial charge is 0.492 e. The number of rotatable bonds is 10. The van der Waals surface area contributed by atoms with E-state index in [1.807, 2.05) is 25.1 Å². The van der Waals surface area contributed by atoms with Crippen molar-refractivity contribution in [1.82, 2.24) is 14.8 Å². The van der Waals surface area contributed by atoms with Crippen molar-refractivity contribution >= 4 is 30.4 Å². The fourth-order valence-electron chi connectivity index (χ4n) is 4.63. The summed E-state index contributed by atoms with van der Waals surface area (Å²) in [5.74, 6) is 1.43. The van der Waals surface area contributed by atoms with Crippen molar-refractivity contribution in [3.63, 3.8) is 0 Å². The summed E-state index contributed by atoms with van der Waals surface area (Å²) >= 11 is 6.26. The number of aromatic nitrogens is 1. The molecule has 1 aliphatic heterocycles. The maximum Gasteiger partial charge on any atom is 0.211 e. The van der Waals surface area contributed by atoms with Gasteiger partial charge >= 0.3 is 0 Å². The van der Waals surface area contributed by atoms with Gasteiger partial charge in [-0.25, -0.2) is 0 Å². The average molecular weight is 470 g/mol. The van der Waals surface area contributed by atoms with E-state index in [9.17, 15) is 4.79 Å². The van der Waals surface area contributed by atoms with Gasteiger partial charge < -0.3 is 14.8 Å². The molecule has 33 heavy (non-hydrogen) atoms. The Labute approximate surface area is 197 Å². The number of pyridine rings is 1. The third-order valence-corrected chi connectivity index (χ3v) is 6.74. The van der Waals surface area contributed by atoms with Crippen molar-refractivity contribution in [2.24, 2.45) is 5.41 Å². The molecule has 2 heterocycles. The number of halogens is 1. The van der Waals surface area contributed by atoms with Crippen LogP contribution in [0.1, 0.15) is 24.0 Å². The molecule has 0 radical (unpaired) electrons. The maximum absolute atomic E-state index is 10.5. The first-order chi connectivity index (χ1) is 15.9. The van der Waals surface area contributed by atoms with Crippen LogP contribution in [0.25, 0.3) is 6.08 Å². The van der Waals surface area contributed by atoms with Crippen LogP contribution in [-0.4, -0.2) is 54.6 Å². The Balaban J connectivity index is 1.23. The number of benzene rings is 1. The number of hydrogen-bond acceptors (Lipinski definition) is 6. The van der Waals surface area contributed by atoms with Crippen LogP contribution in [0, 0.1) is 23.2 Å². The highest BCUT2D eigenvalue weighted by molar-refractivity contribution is 6.31. The zero-order valence-corrected chi connectivity index (χ0v) is 19.3. The van der Waals surface area contributed by atoms with E-state index >= 15 is 0 Å². The number of nitrogens with one attached hydrogen (secondary N) is 3. The lowest BCUT2D eigenvalue weighted by atomic mass is 9.62. The van der Waals surface area contributed by atoms with Gasteiger partial charge in [-0.05, 0) is 49.6 Å². The van der Waals surface area contributed by atoms with Crippen molar-refractivity contribution < 1.29 is 14.3 Å². The molecule has 1 amide bonds. The van der Waals surface area contributed by atoms with Crippen molar-refractivity contribution in [2.75, 3.05) is 26.2 Å². The number of hydrogen-bond donors (Lipinski definition) is 3. The topological polar surface area (TPSA) is 103 Å². The molecule has 3 N–H and O–H groups in total. The number of carbonyl (C=O) groups is 1. The Kier molecular flexibility index (Phi) is 6.85. The molecule has 2 aliphatic rings. The van der Waals surface area contributed by atoms with Crippen LogP contribution in [-0.2, 0) is 4.79 Å². The molecule has 4 rings (SSSR count). The van der Waals surface area contributed by atoms with Gasteiger partial charge in [-0.3, -0.25) is 25.1 Å². The maximum atomic E-state index is 10.5. The summed E-state index contributed by atoms with van der Waals surface area (Å²) in [7, 11) is 0. The molecular formula is C24H28ClN5O3. The highest BCUT2D eigenvalue weighted by Crippen LogP contribution is 2.50. The second-order valence-electron chi connectivity index (χ2n) is 8.69. The Bertz CT molecular complexity index is 1120. The summed E-state index contributed by atoms with van der Waals surface area (Å²) in [5, 5.41) is 18.2. The number of ether oxygens (including phenoxy) is 2. The van der Waals surface area contributed by atoms with Gasteiger partial charge in [0.1, 0.15) is 23.6 Å². The molecule has 0 unspecified atom stereocenters. The van der Waals surface area contributed by atoms with E-state index in [4.69, 9.17) is 31.9 Å². The van der Waals surface area contributed by atoms with Gasteiger partial charge in [0.2, 0.25) is 6.41 Å². The molecule has 174 valence electrons. The summed E-state index contributed by atoms with van der Waals surface area (Å²) in [6.45, 7) is 5.43. The Morgan fingerprint density at radius 3 is 2.79 bits per heavy atom. The normalized spacial score (nSPS) is 17.4. The van der Waals surface area contributed by atoms with Gasteiger partial charge in [0.15, 0.2) is 0 Å². The Morgan fingerprint density at radius 1 is 1.30 bits per heavy atom. The minimum Gasteiger partial charge on any atom is -0.492 e. The van der Waals surface area contributed by atoms with Gasteiger partial charge in [-0.2, -0.15) is 0 Å². The van der Waals surface area contributed by atoms with Crippen molar-refractivity contribution in [3.05, 3.63) is 58.3 Å². The van der Waals surface area contributed by atoms with Crippen LogP contribution in [0.3, 0.4) is 0 Å². The fraction of sp³-hybridized carbons (Fsp3) is 0.375. The lowest BCUT2D eigenvalue weighted by Crippen LogP contribution is -2.65. The SMILES string of the molecule is Cc1c(Cl)ccc(OC2CC3(C2)CN(CCOc2ccn(C=N)c(=N)c2)C3)c1/C=C\NC=O. The second-order valence-corrected chi connectivity index (χ2v) is 9.10. The summed E-state index contributed by atoms with van der Waals surface area (Å²) in [6, 6.07) is 7.12. The monoisotopic (exact) mass is 469 g/mol. The molecule has 2 aromatic rings. The number of amides is 1. The fourth-order valence-corrected chi connectivity index (χ4v) is 4.80. The molecule has 1 saturated heterocycles. The first-order valence-electron chi connectivity index (χ1n) is 10.9. The third kappa shape index (κ3) is 5.12. The van der Waals surface area contributed by atoms with Crippen molar-refractivity contribution in [3.8, 4) is 11.5 Å². The molecule has 1 saturated carbocycles. The van der Waals surface area contributed by atoms with Crippen LogP contribution in [0.4, 0.5) is 0 Å². The zero-order chi connectivity index (χ0) is 23.4. The predicted molar refractivity (Wildman–Crippen MR) is 127 cm³/mol. The Hall–Kier alpha value is -3.10. The van der Waals surface area contributed by atoms with Gasteiger partial charge in [-0.15, -0.1) is 0 Å². The molecule has 0 atom stereocenters. The number of likely N-dealkylation sites (tertiary alicyclic amines) is 1. The van der Waals surface area contributed by atoms with E-state index < -0.39 is 0 Å². The van der Waals surface area contributed by atoms with Crippen molar-refractivity contribution in [2.45, 2.75) is 25.9 Å². The van der Waals surface area contributed by atoms with Crippen LogP contribution in [0.2, 0.25) is 5.02 Å². The van der Waals surface area contributed by atoms with Crippen LogP contribution in [0.15, 0.2) is 36.7 Å². The summed E-state index contributed by atoms with van der Waals surface area (Å²) in [4.78, 5) is 12.9. The first-order valence-corrected chi connectivity index (χ1v) is 11.3. The quantitative estimate of drug-likeness (QED) is 0.282. The number of nitrogens with zero attached hydrogens (tertiary/aromatic N) is 2. The summed E-state index contributed by atoms with van der Waals surface area (Å²) < 4.78 is 13.5. The van der Waals surface area contributed by atoms with Crippen LogP contribution < -0.4 is 20.3 Å². The van der Waals surface area contributed by atoms with Gasteiger partial charge in [0.25, 0.3) is 0 Å². The second kappa shape index (κ2) is 9.80. The van der Waals surface area contributed by atoms with E-state index in [1.54, 1.807) is 24.5 Å². The molecule has 2 fully saturated rings. The van der Waals surface area contributed by atoms with E-state index in [0.717, 1.165) is 55.7 Å². The molecule has 8 nitrogen and oxygen atoms in total.